The maximum Gasteiger partial charge on any atom is 0.160 e. The van der Waals surface area contributed by atoms with Gasteiger partial charge in [-0.25, -0.2) is 9.97 Å². The molecule has 18 heavy (non-hydrogen) atoms. The molecule has 0 radical (unpaired) electrons. The molecular weight excluding hydrogens is 246 g/mol. The molecule has 2 aromatic heterocycles. The molecule has 96 valence electrons. The van der Waals surface area contributed by atoms with Crippen LogP contribution < -0.4 is 0 Å². The van der Waals surface area contributed by atoms with Crippen molar-refractivity contribution < 1.29 is 0 Å². The molecule has 0 aromatic carbocycles. The van der Waals surface area contributed by atoms with Crippen LogP contribution in [-0.4, -0.2) is 14.5 Å². The number of aromatic nitrogens is 3. The Kier molecular flexibility index (Phi) is 2.63. The zero-order valence-electron chi connectivity index (χ0n) is 11.1. The average Bonchev–Trinajstić information content (AvgIpc) is 2.77. The fourth-order valence-electron chi connectivity index (χ4n) is 2.59. The zero-order chi connectivity index (χ0) is 12.9. The Hall–Kier alpha value is -1.09. The van der Waals surface area contributed by atoms with Crippen LogP contribution in [0.3, 0.4) is 0 Å². The van der Waals surface area contributed by atoms with Gasteiger partial charge >= 0.3 is 0 Å². The minimum atomic E-state index is 0.447. The minimum Gasteiger partial charge on any atom is -0.311 e. The molecule has 0 spiro atoms. The highest BCUT2D eigenvalue weighted by atomic mass is 35.5. The Morgan fingerprint density at radius 3 is 2.83 bits per heavy atom. The van der Waals surface area contributed by atoms with Gasteiger partial charge in [0.2, 0.25) is 0 Å². The largest absolute Gasteiger partial charge is 0.311 e. The van der Waals surface area contributed by atoms with Crippen molar-refractivity contribution in [2.75, 3.05) is 0 Å². The van der Waals surface area contributed by atoms with Crippen molar-refractivity contribution in [3.63, 3.8) is 0 Å². The van der Waals surface area contributed by atoms with E-state index in [1.807, 2.05) is 12.3 Å². The van der Waals surface area contributed by atoms with Gasteiger partial charge in [0.15, 0.2) is 5.65 Å². The number of pyridine rings is 1. The molecule has 1 aliphatic carbocycles. The summed E-state index contributed by atoms with van der Waals surface area (Å²) in [5.74, 6) is 2.11. The molecule has 1 aliphatic rings. The Morgan fingerprint density at radius 2 is 2.22 bits per heavy atom. The van der Waals surface area contributed by atoms with E-state index in [0.717, 1.165) is 29.5 Å². The van der Waals surface area contributed by atoms with E-state index in [2.05, 4.69) is 35.3 Å². The number of imidazole rings is 1. The highest BCUT2D eigenvalue weighted by Crippen LogP contribution is 2.52. The van der Waals surface area contributed by atoms with Gasteiger partial charge in [0.25, 0.3) is 0 Å². The van der Waals surface area contributed by atoms with E-state index in [0.29, 0.717) is 11.3 Å². The van der Waals surface area contributed by atoms with Crippen molar-refractivity contribution in [3.8, 4) is 0 Å². The number of alkyl halides is 1. The highest BCUT2D eigenvalue weighted by Gasteiger charge is 2.45. The third-order valence-corrected chi connectivity index (χ3v) is 4.39. The molecular formula is C14H18ClN3. The first-order chi connectivity index (χ1) is 8.53. The summed E-state index contributed by atoms with van der Waals surface area (Å²) in [4.78, 5) is 9.11. The maximum absolute atomic E-state index is 6.02. The maximum atomic E-state index is 6.02. The van der Waals surface area contributed by atoms with E-state index in [4.69, 9.17) is 11.6 Å². The first-order valence-corrected chi connectivity index (χ1v) is 6.93. The molecule has 4 heteroatoms. The third kappa shape index (κ3) is 1.81. The fourth-order valence-corrected chi connectivity index (χ4v) is 2.79. The fraction of sp³-hybridized carbons (Fsp3) is 0.571. The Balaban J connectivity index is 2.06. The zero-order valence-corrected chi connectivity index (χ0v) is 11.8. The second-order valence-corrected chi connectivity index (χ2v) is 6.23. The second-order valence-electron chi connectivity index (χ2n) is 5.96. The number of halogens is 1. The van der Waals surface area contributed by atoms with E-state index in [1.54, 1.807) is 0 Å². The lowest BCUT2D eigenvalue weighted by molar-refractivity contribution is 0.497. The second kappa shape index (κ2) is 3.95. The van der Waals surface area contributed by atoms with E-state index in [9.17, 15) is 0 Å². The topological polar surface area (TPSA) is 30.7 Å². The van der Waals surface area contributed by atoms with Crippen LogP contribution in [0.15, 0.2) is 12.3 Å². The van der Waals surface area contributed by atoms with Gasteiger partial charge in [-0.2, -0.15) is 0 Å². The highest BCUT2D eigenvalue weighted by molar-refractivity contribution is 6.16. The Morgan fingerprint density at radius 1 is 1.50 bits per heavy atom. The first kappa shape index (κ1) is 12.0. The van der Waals surface area contributed by atoms with Gasteiger partial charge in [-0.15, -0.1) is 11.6 Å². The Bertz CT molecular complexity index is 600. The van der Waals surface area contributed by atoms with Crippen LogP contribution in [0.4, 0.5) is 0 Å². The normalized spacial score (nSPS) is 21.4. The van der Waals surface area contributed by atoms with Crippen molar-refractivity contribution >= 4 is 22.8 Å². The predicted octanol–water partition coefficient (Wildman–Crippen LogP) is 3.52. The molecule has 0 amide bonds. The van der Waals surface area contributed by atoms with Crippen LogP contribution in [0.1, 0.15) is 31.7 Å². The summed E-state index contributed by atoms with van der Waals surface area (Å²) in [5.41, 5.74) is 3.60. The summed E-state index contributed by atoms with van der Waals surface area (Å²) < 4.78 is 2.20. The lowest BCUT2D eigenvalue weighted by Gasteiger charge is -2.08. The smallest absolute Gasteiger partial charge is 0.160 e. The standard InChI is InChI=1S/C14H18ClN3/c1-9-4-5-16-13-12(9)17-11(7-15)18(13)8-10-6-14(10,2)3/h4-5,10H,6-8H2,1-3H3. The lowest BCUT2D eigenvalue weighted by atomic mass is 10.1. The van der Waals surface area contributed by atoms with E-state index < -0.39 is 0 Å². The van der Waals surface area contributed by atoms with Crippen LogP contribution >= 0.6 is 11.6 Å². The molecule has 3 nitrogen and oxygen atoms in total. The molecule has 2 aromatic rings. The van der Waals surface area contributed by atoms with Gasteiger partial charge in [-0.1, -0.05) is 13.8 Å². The summed E-state index contributed by atoms with van der Waals surface area (Å²) in [5, 5.41) is 0. The number of hydrogen-bond acceptors (Lipinski definition) is 2. The SMILES string of the molecule is Cc1ccnc2c1nc(CCl)n2CC1CC1(C)C. The lowest BCUT2D eigenvalue weighted by Crippen LogP contribution is -2.07. The molecule has 1 saturated carbocycles. The van der Waals surface area contributed by atoms with Crippen LogP contribution in [0.5, 0.6) is 0 Å². The van der Waals surface area contributed by atoms with Gasteiger partial charge in [-0.3, -0.25) is 0 Å². The molecule has 0 N–H and O–H groups in total. The summed E-state index contributed by atoms with van der Waals surface area (Å²) in [7, 11) is 0. The van der Waals surface area contributed by atoms with Crippen LogP contribution in [-0.2, 0) is 12.4 Å². The van der Waals surface area contributed by atoms with Crippen molar-refractivity contribution in [1.29, 1.82) is 0 Å². The first-order valence-electron chi connectivity index (χ1n) is 6.39. The van der Waals surface area contributed by atoms with Crippen molar-refractivity contribution in [1.82, 2.24) is 14.5 Å². The van der Waals surface area contributed by atoms with E-state index >= 15 is 0 Å². The van der Waals surface area contributed by atoms with Crippen molar-refractivity contribution in [2.24, 2.45) is 11.3 Å². The van der Waals surface area contributed by atoms with Gasteiger partial charge in [-0.05, 0) is 36.3 Å². The average molecular weight is 264 g/mol. The molecule has 1 unspecified atom stereocenters. The van der Waals surface area contributed by atoms with Gasteiger partial charge in [0, 0.05) is 12.7 Å². The van der Waals surface area contributed by atoms with Crippen molar-refractivity contribution in [3.05, 3.63) is 23.7 Å². The molecule has 0 aliphatic heterocycles. The summed E-state index contributed by atoms with van der Waals surface area (Å²) in [6.07, 6.45) is 3.13. The summed E-state index contributed by atoms with van der Waals surface area (Å²) in [6.45, 7) is 7.69. The quantitative estimate of drug-likeness (QED) is 0.794. The summed E-state index contributed by atoms with van der Waals surface area (Å²) >= 11 is 6.02. The molecule has 0 bridgehead atoms. The van der Waals surface area contributed by atoms with Crippen LogP contribution in [0, 0.1) is 18.3 Å². The molecule has 3 rings (SSSR count). The van der Waals surface area contributed by atoms with E-state index in [-0.39, 0.29) is 0 Å². The molecule has 1 fully saturated rings. The number of aryl methyl sites for hydroxylation is 1. The number of hydrogen-bond donors (Lipinski definition) is 0. The van der Waals surface area contributed by atoms with Crippen LogP contribution in [0.2, 0.25) is 0 Å². The number of nitrogens with zero attached hydrogens (tertiary/aromatic N) is 3. The number of rotatable bonds is 3. The minimum absolute atomic E-state index is 0.447. The predicted molar refractivity (Wildman–Crippen MR) is 73.7 cm³/mol. The molecule has 0 saturated heterocycles. The Labute approximate surface area is 112 Å². The summed E-state index contributed by atoms with van der Waals surface area (Å²) in [6, 6.07) is 2.00. The van der Waals surface area contributed by atoms with Gasteiger partial charge < -0.3 is 4.57 Å². The number of fused-ring (bicyclic) bond motifs is 1. The van der Waals surface area contributed by atoms with Crippen LogP contribution in [0.25, 0.3) is 11.2 Å². The van der Waals surface area contributed by atoms with Gasteiger partial charge in [0.1, 0.15) is 11.3 Å². The third-order valence-electron chi connectivity index (χ3n) is 4.15. The molecule has 2 heterocycles. The monoisotopic (exact) mass is 263 g/mol. The van der Waals surface area contributed by atoms with E-state index in [1.165, 1.54) is 12.0 Å². The molecule has 1 atom stereocenters. The van der Waals surface area contributed by atoms with Gasteiger partial charge in [0.05, 0.1) is 5.88 Å². The van der Waals surface area contributed by atoms with Crippen molar-refractivity contribution in [2.45, 2.75) is 39.6 Å².